The third-order valence-electron chi connectivity index (χ3n) is 2.72. The Labute approximate surface area is 119 Å². The van der Waals surface area contributed by atoms with Crippen LogP contribution in [-0.2, 0) is 4.79 Å². The average Bonchev–Trinajstić information content (AvgIpc) is 2.36. The minimum Gasteiger partial charge on any atom is -0.480 e. The first kappa shape index (κ1) is 16.5. The topological polar surface area (TPSA) is 110 Å². The van der Waals surface area contributed by atoms with Crippen molar-refractivity contribution in [2.75, 3.05) is 0 Å². The Morgan fingerprint density at radius 3 is 2.48 bits per heavy atom. The number of halogens is 1. The van der Waals surface area contributed by atoms with E-state index in [1.165, 1.54) is 0 Å². The summed E-state index contributed by atoms with van der Waals surface area (Å²) in [6, 6.07) is 1.41. The molecule has 2 N–H and O–H groups in total. The molecule has 1 aromatic carbocycles. The lowest BCUT2D eigenvalue weighted by molar-refractivity contribution is -0.385. The van der Waals surface area contributed by atoms with Crippen LogP contribution in [0.3, 0.4) is 0 Å². The monoisotopic (exact) mass is 298 g/mol. The van der Waals surface area contributed by atoms with Crippen molar-refractivity contribution in [3.8, 4) is 0 Å². The number of carbonyl (C=O) groups excluding carboxylic acids is 1. The van der Waals surface area contributed by atoms with Gasteiger partial charge in [-0.15, -0.1) is 0 Å². The van der Waals surface area contributed by atoms with Gasteiger partial charge in [0.2, 0.25) is 0 Å². The Morgan fingerprint density at radius 1 is 1.43 bits per heavy atom. The molecule has 0 aliphatic carbocycles. The minimum absolute atomic E-state index is 0.0214. The molecule has 0 saturated heterocycles. The van der Waals surface area contributed by atoms with Crippen molar-refractivity contribution in [1.82, 2.24) is 5.32 Å². The van der Waals surface area contributed by atoms with Crippen LogP contribution in [0.5, 0.6) is 0 Å². The highest BCUT2D eigenvalue weighted by Gasteiger charge is 2.24. The smallest absolute Gasteiger partial charge is 0.326 e. The Kier molecular flexibility index (Phi) is 5.34. The number of nitrogens with one attached hydrogen (secondary N) is 1. The molecule has 8 heteroatoms. The highest BCUT2D eigenvalue weighted by Crippen LogP contribution is 2.17. The fourth-order valence-electron chi connectivity index (χ4n) is 1.73. The van der Waals surface area contributed by atoms with E-state index in [2.05, 4.69) is 5.32 Å². The summed E-state index contributed by atoms with van der Waals surface area (Å²) in [5.74, 6) is -3.20. The zero-order valence-corrected chi connectivity index (χ0v) is 11.5. The number of rotatable bonds is 6. The number of hydrogen-bond acceptors (Lipinski definition) is 4. The average molecular weight is 298 g/mol. The highest BCUT2D eigenvalue weighted by atomic mass is 19.1. The number of nitro groups is 1. The summed E-state index contributed by atoms with van der Waals surface area (Å²) in [5.41, 5.74) is -0.920. The van der Waals surface area contributed by atoms with Crippen LogP contribution in [0.4, 0.5) is 10.1 Å². The number of carboxylic acids is 1. The Bertz CT molecular complexity index is 574. The second-order valence-electron chi connectivity index (χ2n) is 4.92. The fraction of sp³-hybridized carbons (Fsp3) is 0.385. The van der Waals surface area contributed by atoms with E-state index in [1.807, 2.05) is 0 Å². The maximum absolute atomic E-state index is 13.7. The van der Waals surface area contributed by atoms with Crippen molar-refractivity contribution in [3.63, 3.8) is 0 Å². The van der Waals surface area contributed by atoms with Gasteiger partial charge in [0.1, 0.15) is 11.9 Å². The quantitative estimate of drug-likeness (QED) is 0.616. The number of carboxylic acid groups (broad SMARTS) is 1. The standard InChI is InChI=1S/C13H15FN2O5/c1-7(2)5-11(13(18)19)15-12(17)9-4-3-8(16(20)21)6-10(9)14/h3-4,6-7,11H,5H2,1-2H3,(H,15,17)(H,18,19)/t11-/m1/s1. The second kappa shape index (κ2) is 6.78. The minimum atomic E-state index is -1.22. The molecule has 1 atom stereocenters. The summed E-state index contributed by atoms with van der Waals surface area (Å²) in [6.07, 6.45) is 0.190. The van der Waals surface area contributed by atoms with E-state index in [1.54, 1.807) is 13.8 Å². The normalized spacial score (nSPS) is 12.0. The number of amides is 1. The van der Waals surface area contributed by atoms with E-state index in [-0.39, 0.29) is 12.3 Å². The Balaban J connectivity index is 2.92. The molecule has 0 fully saturated rings. The molecule has 21 heavy (non-hydrogen) atoms. The van der Waals surface area contributed by atoms with Gasteiger partial charge >= 0.3 is 5.97 Å². The van der Waals surface area contributed by atoms with Crippen LogP contribution in [0.1, 0.15) is 30.6 Å². The largest absolute Gasteiger partial charge is 0.480 e. The van der Waals surface area contributed by atoms with Gasteiger partial charge in [-0.05, 0) is 18.4 Å². The molecular formula is C13H15FN2O5. The van der Waals surface area contributed by atoms with Gasteiger partial charge in [0, 0.05) is 6.07 Å². The summed E-state index contributed by atoms with van der Waals surface area (Å²) >= 11 is 0. The van der Waals surface area contributed by atoms with Crippen molar-refractivity contribution in [2.45, 2.75) is 26.3 Å². The molecular weight excluding hydrogens is 283 g/mol. The van der Waals surface area contributed by atoms with Gasteiger partial charge in [-0.25, -0.2) is 9.18 Å². The van der Waals surface area contributed by atoms with Crippen LogP contribution in [0.15, 0.2) is 18.2 Å². The molecule has 0 aliphatic rings. The number of benzene rings is 1. The number of nitro benzene ring substituents is 1. The SMILES string of the molecule is CC(C)C[C@@H](NC(=O)c1ccc([N+](=O)[O-])cc1F)C(=O)O. The van der Waals surface area contributed by atoms with Gasteiger partial charge in [0.15, 0.2) is 0 Å². The predicted octanol–water partition coefficient (Wildman–Crippen LogP) is 1.96. The molecule has 0 aromatic heterocycles. The molecule has 1 rings (SSSR count). The number of carbonyl (C=O) groups is 2. The zero-order valence-electron chi connectivity index (χ0n) is 11.5. The van der Waals surface area contributed by atoms with Crippen molar-refractivity contribution >= 4 is 17.6 Å². The maximum atomic E-state index is 13.7. The van der Waals surface area contributed by atoms with Crippen molar-refractivity contribution < 1.29 is 24.0 Å². The van der Waals surface area contributed by atoms with Crippen LogP contribution in [0.25, 0.3) is 0 Å². The van der Waals surface area contributed by atoms with Gasteiger partial charge in [0.05, 0.1) is 16.6 Å². The number of non-ortho nitro benzene ring substituents is 1. The first-order chi connectivity index (χ1) is 9.72. The van der Waals surface area contributed by atoms with Crippen LogP contribution < -0.4 is 5.32 Å². The number of nitrogens with zero attached hydrogens (tertiary/aromatic N) is 1. The summed E-state index contributed by atoms with van der Waals surface area (Å²) in [5, 5.41) is 21.7. The summed E-state index contributed by atoms with van der Waals surface area (Å²) in [4.78, 5) is 32.6. The van der Waals surface area contributed by atoms with Crippen LogP contribution >= 0.6 is 0 Å². The molecule has 114 valence electrons. The zero-order chi connectivity index (χ0) is 16.2. The molecule has 0 spiro atoms. The molecule has 1 amide bonds. The van der Waals surface area contributed by atoms with Gasteiger partial charge in [0.25, 0.3) is 11.6 Å². The molecule has 0 saturated carbocycles. The first-order valence-electron chi connectivity index (χ1n) is 6.20. The molecule has 0 bridgehead atoms. The van der Waals surface area contributed by atoms with E-state index in [0.29, 0.717) is 6.07 Å². The lowest BCUT2D eigenvalue weighted by Crippen LogP contribution is -2.41. The number of hydrogen-bond donors (Lipinski definition) is 2. The lowest BCUT2D eigenvalue weighted by atomic mass is 10.0. The van der Waals surface area contributed by atoms with Crippen LogP contribution in [0, 0.1) is 21.8 Å². The van der Waals surface area contributed by atoms with E-state index < -0.39 is 39.9 Å². The molecule has 0 aliphatic heterocycles. The predicted molar refractivity (Wildman–Crippen MR) is 71.4 cm³/mol. The van der Waals surface area contributed by atoms with Crippen molar-refractivity contribution in [1.29, 1.82) is 0 Å². The first-order valence-corrected chi connectivity index (χ1v) is 6.20. The third kappa shape index (κ3) is 4.51. The number of aliphatic carboxylic acids is 1. The van der Waals surface area contributed by atoms with Crippen molar-refractivity contribution in [3.05, 3.63) is 39.7 Å². The summed E-state index contributed by atoms with van der Waals surface area (Å²) in [7, 11) is 0. The van der Waals surface area contributed by atoms with Gasteiger partial charge < -0.3 is 10.4 Å². The Morgan fingerprint density at radius 2 is 2.05 bits per heavy atom. The maximum Gasteiger partial charge on any atom is 0.326 e. The molecule has 1 aromatic rings. The van der Waals surface area contributed by atoms with Gasteiger partial charge in [-0.2, -0.15) is 0 Å². The van der Waals surface area contributed by atoms with Crippen LogP contribution in [-0.4, -0.2) is 27.9 Å². The summed E-state index contributed by atoms with van der Waals surface area (Å²) in [6.45, 7) is 3.57. The highest BCUT2D eigenvalue weighted by molar-refractivity contribution is 5.97. The van der Waals surface area contributed by atoms with E-state index in [4.69, 9.17) is 5.11 Å². The van der Waals surface area contributed by atoms with E-state index in [9.17, 15) is 24.1 Å². The van der Waals surface area contributed by atoms with Crippen LogP contribution in [0.2, 0.25) is 0 Å². The van der Waals surface area contributed by atoms with E-state index >= 15 is 0 Å². The van der Waals surface area contributed by atoms with Gasteiger partial charge in [-0.3, -0.25) is 14.9 Å². The lowest BCUT2D eigenvalue weighted by Gasteiger charge is -2.16. The Hall–Kier alpha value is -2.51. The molecule has 0 radical (unpaired) electrons. The van der Waals surface area contributed by atoms with Crippen molar-refractivity contribution in [2.24, 2.45) is 5.92 Å². The summed E-state index contributed by atoms with van der Waals surface area (Å²) < 4.78 is 13.7. The molecule has 0 heterocycles. The second-order valence-corrected chi connectivity index (χ2v) is 4.92. The molecule has 7 nitrogen and oxygen atoms in total. The fourth-order valence-corrected chi connectivity index (χ4v) is 1.73. The molecule has 0 unspecified atom stereocenters. The van der Waals surface area contributed by atoms with Gasteiger partial charge in [-0.1, -0.05) is 13.8 Å². The third-order valence-corrected chi connectivity index (χ3v) is 2.72. The van der Waals surface area contributed by atoms with E-state index in [0.717, 1.165) is 12.1 Å².